The zero-order chi connectivity index (χ0) is 18.9. The molecule has 0 fully saturated rings. The highest BCUT2D eigenvalue weighted by molar-refractivity contribution is 5.84. The van der Waals surface area contributed by atoms with Crippen LogP contribution >= 0.6 is 0 Å². The molecule has 0 spiro atoms. The Morgan fingerprint density at radius 1 is 1.23 bits per heavy atom. The van der Waals surface area contributed by atoms with Crippen molar-refractivity contribution in [2.24, 2.45) is 0 Å². The Labute approximate surface area is 146 Å². The van der Waals surface area contributed by atoms with Gasteiger partial charge in [0.1, 0.15) is 5.82 Å². The van der Waals surface area contributed by atoms with Gasteiger partial charge in [0, 0.05) is 12.7 Å². The molecule has 2 unspecified atom stereocenters. The quantitative estimate of drug-likeness (QED) is 0.816. The van der Waals surface area contributed by atoms with Crippen LogP contribution in [0, 0.1) is 5.82 Å². The van der Waals surface area contributed by atoms with Crippen LogP contribution < -0.4 is 5.32 Å². The number of hydrogen-bond donors (Lipinski definition) is 2. The van der Waals surface area contributed by atoms with E-state index in [1.807, 2.05) is 0 Å². The molecule has 2 aromatic rings. The minimum atomic E-state index is -4.85. The van der Waals surface area contributed by atoms with Crippen molar-refractivity contribution in [3.8, 4) is 0 Å². The molecular formula is C18H16F4N2O2. The SMILES string of the molecule is O=C(NCc1cccc(F)c1C(F)(F)F)C1CCC(O)c2ncccc21. The Hall–Kier alpha value is -2.48. The molecule has 2 atom stereocenters. The number of hydrogen-bond acceptors (Lipinski definition) is 3. The van der Waals surface area contributed by atoms with Gasteiger partial charge in [-0.15, -0.1) is 0 Å². The van der Waals surface area contributed by atoms with Crippen molar-refractivity contribution < 1.29 is 27.5 Å². The molecule has 2 N–H and O–H groups in total. The number of nitrogens with zero attached hydrogens (tertiary/aromatic N) is 1. The van der Waals surface area contributed by atoms with Gasteiger partial charge in [0.05, 0.1) is 23.3 Å². The van der Waals surface area contributed by atoms with Crippen molar-refractivity contribution in [1.29, 1.82) is 0 Å². The molecule has 1 aromatic carbocycles. The number of carbonyl (C=O) groups is 1. The first kappa shape index (κ1) is 18.3. The van der Waals surface area contributed by atoms with E-state index < -0.39 is 42.0 Å². The maximum atomic E-state index is 13.6. The van der Waals surface area contributed by atoms with Crippen LogP contribution in [0.2, 0.25) is 0 Å². The second-order valence-electron chi connectivity index (χ2n) is 6.11. The summed E-state index contributed by atoms with van der Waals surface area (Å²) in [4.78, 5) is 16.6. The molecule has 0 radical (unpaired) electrons. The summed E-state index contributed by atoms with van der Waals surface area (Å²) < 4.78 is 52.7. The molecule has 1 amide bonds. The number of aliphatic hydroxyl groups excluding tert-OH is 1. The number of rotatable bonds is 3. The molecule has 138 valence electrons. The summed E-state index contributed by atoms with van der Waals surface area (Å²) in [5.74, 6) is -2.48. The van der Waals surface area contributed by atoms with Gasteiger partial charge in [-0.1, -0.05) is 18.2 Å². The molecular weight excluding hydrogens is 352 g/mol. The van der Waals surface area contributed by atoms with E-state index >= 15 is 0 Å². The molecule has 1 aliphatic carbocycles. The van der Waals surface area contributed by atoms with Crippen LogP contribution in [0.25, 0.3) is 0 Å². The van der Waals surface area contributed by atoms with E-state index in [9.17, 15) is 27.5 Å². The minimum absolute atomic E-state index is 0.329. The van der Waals surface area contributed by atoms with E-state index in [0.717, 1.165) is 12.1 Å². The largest absolute Gasteiger partial charge is 0.419 e. The third kappa shape index (κ3) is 3.55. The van der Waals surface area contributed by atoms with Gasteiger partial charge >= 0.3 is 6.18 Å². The van der Waals surface area contributed by atoms with Gasteiger partial charge in [0.25, 0.3) is 0 Å². The van der Waals surface area contributed by atoms with E-state index in [1.54, 1.807) is 12.1 Å². The number of alkyl halides is 3. The number of nitrogens with one attached hydrogen (secondary N) is 1. The summed E-state index contributed by atoms with van der Waals surface area (Å²) in [6, 6.07) is 6.33. The number of amides is 1. The second kappa shape index (κ2) is 7.03. The molecule has 4 nitrogen and oxygen atoms in total. The second-order valence-corrected chi connectivity index (χ2v) is 6.11. The van der Waals surface area contributed by atoms with E-state index in [4.69, 9.17) is 0 Å². The van der Waals surface area contributed by atoms with Gasteiger partial charge in [-0.2, -0.15) is 13.2 Å². The Balaban J connectivity index is 1.79. The Morgan fingerprint density at radius 3 is 2.73 bits per heavy atom. The molecule has 1 aromatic heterocycles. The highest BCUT2D eigenvalue weighted by Crippen LogP contribution is 2.37. The monoisotopic (exact) mass is 368 g/mol. The first-order chi connectivity index (χ1) is 12.3. The lowest BCUT2D eigenvalue weighted by molar-refractivity contribution is -0.141. The van der Waals surface area contributed by atoms with Gasteiger partial charge in [0.2, 0.25) is 5.91 Å². The van der Waals surface area contributed by atoms with Crippen LogP contribution in [0.4, 0.5) is 17.6 Å². The number of fused-ring (bicyclic) bond motifs is 1. The third-order valence-electron chi connectivity index (χ3n) is 4.44. The Morgan fingerprint density at radius 2 is 2.00 bits per heavy atom. The standard InChI is InChI=1S/C18H16F4N2O2/c19-13-5-1-3-10(15(13)18(20,21)22)9-24-17(26)12-6-7-14(25)16-11(12)4-2-8-23-16/h1-5,8,12,14,25H,6-7,9H2,(H,24,26). The number of pyridine rings is 1. The predicted octanol–water partition coefficient (Wildman–Crippen LogP) is 3.47. The van der Waals surface area contributed by atoms with Gasteiger partial charge in [-0.3, -0.25) is 9.78 Å². The predicted molar refractivity (Wildman–Crippen MR) is 84.4 cm³/mol. The minimum Gasteiger partial charge on any atom is -0.387 e. The van der Waals surface area contributed by atoms with Crippen molar-refractivity contribution >= 4 is 5.91 Å². The van der Waals surface area contributed by atoms with Crippen molar-refractivity contribution in [2.45, 2.75) is 37.6 Å². The van der Waals surface area contributed by atoms with Crippen LogP contribution in [0.3, 0.4) is 0 Å². The molecule has 0 aliphatic heterocycles. The summed E-state index contributed by atoms with van der Waals surface area (Å²) >= 11 is 0. The highest BCUT2D eigenvalue weighted by Gasteiger charge is 2.37. The van der Waals surface area contributed by atoms with Gasteiger partial charge in [-0.25, -0.2) is 4.39 Å². The van der Waals surface area contributed by atoms with E-state index in [2.05, 4.69) is 10.3 Å². The van der Waals surface area contributed by atoms with Crippen LogP contribution in [0.5, 0.6) is 0 Å². The summed E-state index contributed by atoms with van der Waals surface area (Å²) in [5.41, 5.74) is -0.755. The molecule has 0 saturated carbocycles. The van der Waals surface area contributed by atoms with E-state index in [0.29, 0.717) is 24.1 Å². The topological polar surface area (TPSA) is 62.2 Å². The zero-order valence-corrected chi connectivity index (χ0v) is 13.6. The highest BCUT2D eigenvalue weighted by atomic mass is 19.4. The van der Waals surface area contributed by atoms with Crippen LogP contribution in [0.15, 0.2) is 36.5 Å². The number of halogens is 4. The normalized spacial score (nSPS) is 19.7. The molecule has 0 bridgehead atoms. The number of benzene rings is 1. The van der Waals surface area contributed by atoms with Crippen molar-refractivity contribution in [3.63, 3.8) is 0 Å². The smallest absolute Gasteiger partial charge is 0.387 e. The molecule has 1 aliphatic rings. The molecule has 3 rings (SSSR count). The number of aromatic nitrogens is 1. The maximum Gasteiger partial charge on any atom is 0.419 e. The summed E-state index contributed by atoms with van der Waals surface area (Å²) in [7, 11) is 0. The van der Waals surface area contributed by atoms with Crippen molar-refractivity contribution in [3.05, 3.63) is 64.7 Å². The van der Waals surface area contributed by atoms with Crippen molar-refractivity contribution in [2.75, 3.05) is 0 Å². The zero-order valence-electron chi connectivity index (χ0n) is 13.6. The van der Waals surface area contributed by atoms with E-state index in [1.165, 1.54) is 12.3 Å². The number of aliphatic hydroxyl groups is 1. The Kier molecular flexibility index (Phi) is 4.95. The fraction of sp³-hybridized carbons (Fsp3) is 0.333. The van der Waals surface area contributed by atoms with Gasteiger partial charge < -0.3 is 10.4 Å². The fourth-order valence-corrected chi connectivity index (χ4v) is 3.23. The summed E-state index contributed by atoms with van der Waals surface area (Å²) in [6.07, 6.45) is -3.44. The van der Waals surface area contributed by atoms with Gasteiger partial charge in [-0.05, 0) is 36.1 Å². The molecule has 26 heavy (non-hydrogen) atoms. The lowest BCUT2D eigenvalue weighted by Crippen LogP contribution is -2.32. The summed E-state index contributed by atoms with van der Waals surface area (Å²) in [5, 5.41) is 12.4. The van der Waals surface area contributed by atoms with Crippen LogP contribution in [-0.2, 0) is 17.5 Å². The number of carbonyl (C=O) groups excluding carboxylic acids is 1. The lowest BCUT2D eigenvalue weighted by Gasteiger charge is -2.27. The average molecular weight is 368 g/mol. The van der Waals surface area contributed by atoms with Crippen LogP contribution in [-0.4, -0.2) is 16.0 Å². The molecule has 1 heterocycles. The average Bonchev–Trinajstić information content (AvgIpc) is 2.59. The van der Waals surface area contributed by atoms with Gasteiger partial charge in [0.15, 0.2) is 0 Å². The third-order valence-corrected chi connectivity index (χ3v) is 4.44. The van der Waals surface area contributed by atoms with E-state index in [-0.39, 0.29) is 5.56 Å². The fourth-order valence-electron chi connectivity index (χ4n) is 3.23. The molecule has 8 heteroatoms. The van der Waals surface area contributed by atoms with Crippen LogP contribution in [0.1, 0.15) is 47.2 Å². The first-order valence-corrected chi connectivity index (χ1v) is 8.04. The first-order valence-electron chi connectivity index (χ1n) is 8.04. The lowest BCUT2D eigenvalue weighted by atomic mass is 9.83. The maximum absolute atomic E-state index is 13.6. The Bertz CT molecular complexity index is 823. The molecule has 0 saturated heterocycles. The van der Waals surface area contributed by atoms with Crippen molar-refractivity contribution in [1.82, 2.24) is 10.3 Å². The summed E-state index contributed by atoms with van der Waals surface area (Å²) in [6.45, 7) is -0.444.